The fourth-order valence-corrected chi connectivity index (χ4v) is 2.77. The normalized spacial score (nSPS) is 16.6. The number of methoxy groups -OCH3 is 1. The van der Waals surface area contributed by atoms with E-state index in [1.54, 1.807) is 7.11 Å². The Morgan fingerprint density at radius 3 is 2.79 bits per heavy atom. The van der Waals surface area contributed by atoms with Crippen LogP contribution in [0, 0.1) is 0 Å². The number of rotatable bonds is 3. The molecule has 1 N–H and O–H groups in total. The van der Waals surface area contributed by atoms with Crippen molar-refractivity contribution in [2.75, 3.05) is 25.1 Å². The smallest absolute Gasteiger partial charge is 0.123 e. The first-order valence-corrected chi connectivity index (χ1v) is 6.75. The van der Waals surface area contributed by atoms with Crippen LogP contribution in [0.2, 0.25) is 0 Å². The van der Waals surface area contributed by atoms with Crippen LogP contribution in [0.3, 0.4) is 0 Å². The third kappa shape index (κ3) is 2.57. The molecule has 0 saturated carbocycles. The molecule has 1 aliphatic rings. The van der Waals surface area contributed by atoms with Crippen molar-refractivity contribution in [3.05, 3.63) is 42.1 Å². The molecule has 0 unspecified atom stereocenters. The molecule has 0 amide bonds. The van der Waals surface area contributed by atoms with Gasteiger partial charge in [-0.15, -0.1) is 0 Å². The molecule has 0 bridgehead atoms. The lowest BCUT2D eigenvalue weighted by Crippen LogP contribution is -2.33. The average Bonchev–Trinajstić information content (AvgIpc) is 3.02. The molecule has 0 spiro atoms. The molecule has 1 aliphatic heterocycles. The van der Waals surface area contributed by atoms with E-state index >= 15 is 0 Å². The molecular weight excluding hydrogens is 238 g/mol. The molecule has 4 heteroatoms. The summed E-state index contributed by atoms with van der Waals surface area (Å²) >= 11 is 0. The highest BCUT2D eigenvalue weighted by Gasteiger charge is 2.21. The Balaban J connectivity index is 1.66. The van der Waals surface area contributed by atoms with Gasteiger partial charge < -0.3 is 9.64 Å². The molecule has 0 radical (unpaired) electrons. The zero-order valence-corrected chi connectivity index (χ0v) is 11.2. The van der Waals surface area contributed by atoms with Gasteiger partial charge in [-0.05, 0) is 36.5 Å². The lowest BCUT2D eigenvalue weighted by molar-refractivity contribution is 0.412. The molecule has 100 valence electrons. The molecule has 2 aromatic rings. The monoisotopic (exact) mass is 257 g/mol. The molecule has 1 fully saturated rings. The van der Waals surface area contributed by atoms with Crippen LogP contribution >= 0.6 is 0 Å². The maximum absolute atomic E-state index is 5.30. The van der Waals surface area contributed by atoms with E-state index in [9.17, 15) is 0 Å². The summed E-state index contributed by atoms with van der Waals surface area (Å²) in [6.45, 7) is 2.15. The van der Waals surface area contributed by atoms with Crippen molar-refractivity contribution in [1.82, 2.24) is 10.2 Å². The lowest BCUT2D eigenvalue weighted by Gasteiger charge is -2.32. The number of ether oxygens (including phenoxy) is 1. The van der Waals surface area contributed by atoms with E-state index in [0.29, 0.717) is 5.92 Å². The Hall–Kier alpha value is -1.97. The second kappa shape index (κ2) is 5.34. The van der Waals surface area contributed by atoms with Crippen molar-refractivity contribution in [3.63, 3.8) is 0 Å². The van der Waals surface area contributed by atoms with E-state index in [4.69, 9.17) is 4.74 Å². The van der Waals surface area contributed by atoms with Gasteiger partial charge >= 0.3 is 0 Å². The number of piperidine rings is 1. The number of hydrogen-bond donors (Lipinski definition) is 1. The van der Waals surface area contributed by atoms with Crippen LogP contribution in [0.4, 0.5) is 5.82 Å². The highest BCUT2D eigenvalue weighted by molar-refractivity contribution is 5.38. The second-order valence-corrected chi connectivity index (χ2v) is 4.98. The molecule has 1 aromatic carbocycles. The first kappa shape index (κ1) is 12.1. The Morgan fingerprint density at radius 2 is 2.11 bits per heavy atom. The Morgan fingerprint density at radius 1 is 1.26 bits per heavy atom. The predicted molar refractivity (Wildman–Crippen MR) is 75.8 cm³/mol. The van der Waals surface area contributed by atoms with Crippen LogP contribution in [0.5, 0.6) is 5.75 Å². The summed E-state index contributed by atoms with van der Waals surface area (Å²) in [5.41, 5.74) is 1.39. The maximum atomic E-state index is 5.30. The number of nitrogens with one attached hydrogen (secondary N) is 1. The van der Waals surface area contributed by atoms with Crippen molar-refractivity contribution >= 4 is 5.82 Å². The van der Waals surface area contributed by atoms with Crippen molar-refractivity contribution in [2.45, 2.75) is 18.8 Å². The Kier molecular flexibility index (Phi) is 3.40. The highest BCUT2D eigenvalue weighted by Crippen LogP contribution is 2.31. The first-order valence-electron chi connectivity index (χ1n) is 6.75. The van der Waals surface area contributed by atoms with E-state index in [2.05, 4.69) is 33.3 Å². The van der Waals surface area contributed by atoms with Gasteiger partial charge in [0.25, 0.3) is 0 Å². The first-order chi connectivity index (χ1) is 9.36. The number of hydrogen-bond acceptors (Lipinski definition) is 3. The van der Waals surface area contributed by atoms with Crippen molar-refractivity contribution in [3.8, 4) is 5.75 Å². The van der Waals surface area contributed by atoms with Gasteiger partial charge in [0, 0.05) is 19.2 Å². The summed E-state index contributed by atoms with van der Waals surface area (Å²) in [4.78, 5) is 2.36. The average molecular weight is 257 g/mol. The van der Waals surface area contributed by atoms with Crippen molar-refractivity contribution < 1.29 is 4.74 Å². The summed E-state index contributed by atoms with van der Waals surface area (Å²) < 4.78 is 5.30. The van der Waals surface area contributed by atoms with Gasteiger partial charge in [-0.1, -0.05) is 12.1 Å². The standard InChI is InChI=1S/C15H19N3O/c1-19-14-4-2-3-13(11-14)12-6-9-18(10-7-12)15-5-8-16-17-15/h2-5,8,11-12H,6-7,9-10H2,1H3,(H,16,17). The van der Waals surface area contributed by atoms with E-state index < -0.39 is 0 Å². The van der Waals surface area contributed by atoms with Crippen molar-refractivity contribution in [2.24, 2.45) is 0 Å². The fourth-order valence-electron chi connectivity index (χ4n) is 2.77. The van der Waals surface area contributed by atoms with E-state index in [1.807, 2.05) is 18.3 Å². The summed E-state index contributed by atoms with van der Waals surface area (Å²) in [5, 5.41) is 7.05. The molecule has 1 saturated heterocycles. The molecular formula is C15H19N3O. The molecule has 2 heterocycles. The Bertz CT molecular complexity index is 516. The quantitative estimate of drug-likeness (QED) is 0.919. The third-order valence-electron chi connectivity index (χ3n) is 3.89. The number of nitrogens with zero attached hydrogens (tertiary/aromatic N) is 2. The summed E-state index contributed by atoms with van der Waals surface area (Å²) in [6, 6.07) is 10.5. The number of benzene rings is 1. The fraction of sp³-hybridized carbons (Fsp3) is 0.400. The number of anilines is 1. The van der Waals surface area contributed by atoms with Gasteiger partial charge in [0.05, 0.1) is 13.3 Å². The molecule has 0 aliphatic carbocycles. The minimum absolute atomic E-state index is 0.634. The van der Waals surface area contributed by atoms with Crippen LogP contribution in [0.1, 0.15) is 24.3 Å². The third-order valence-corrected chi connectivity index (χ3v) is 3.89. The van der Waals surface area contributed by atoms with Crippen molar-refractivity contribution in [1.29, 1.82) is 0 Å². The van der Waals surface area contributed by atoms with Crippen LogP contribution in [-0.2, 0) is 0 Å². The molecule has 4 nitrogen and oxygen atoms in total. The maximum Gasteiger partial charge on any atom is 0.123 e. The Labute approximate surface area is 113 Å². The summed E-state index contributed by atoms with van der Waals surface area (Å²) in [5.74, 6) is 2.71. The van der Waals surface area contributed by atoms with Crippen LogP contribution < -0.4 is 9.64 Å². The number of aromatic amines is 1. The van der Waals surface area contributed by atoms with Gasteiger partial charge in [0.15, 0.2) is 0 Å². The van der Waals surface area contributed by atoms with Gasteiger partial charge in [-0.25, -0.2) is 0 Å². The predicted octanol–water partition coefficient (Wildman–Crippen LogP) is 2.80. The molecule has 19 heavy (non-hydrogen) atoms. The van der Waals surface area contributed by atoms with E-state index in [1.165, 1.54) is 18.4 Å². The minimum Gasteiger partial charge on any atom is -0.497 e. The van der Waals surface area contributed by atoms with Gasteiger partial charge in [0.2, 0.25) is 0 Å². The zero-order valence-electron chi connectivity index (χ0n) is 11.2. The zero-order chi connectivity index (χ0) is 13.1. The van der Waals surface area contributed by atoms with E-state index in [-0.39, 0.29) is 0 Å². The van der Waals surface area contributed by atoms with Crippen LogP contribution in [-0.4, -0.2) is 30.4 Å². The van der Waals surface area contributed by atoms with Crippen LogP contribution in [0.15, 0.2) is 36.5 Å². The number of aromatic nitrogens is 2. The summed E-state index contributed by atoms with van der Waals surface area (Å²) in [7, 11) is 1.72. The highest BCUT2D eigenvalue weighted by atomic mass is 16.5. The number of H-pyrrole nitrogens is 1. The minimum atomic E-state index is 0.634. The summed E-state index contributed by atoms with van der Waals surface area (Å²) in [6.07, 6.45) is 4.15. The second-order valence-electron chi connectivity index (χ2n) is 4.98. The molecule has 3 rings (SSSR count). The lowest BCUT2D eigenvalue weighted by atomic mass is 9.89. The van der Waals surface area contributed by atoms with Gasteiger partial charge in [0.1, 0.15) is 11.6 Å². The van der Waals surface area contributed by atoms with Gasteiger partial charge in [-0.2, -0.15) is 5.10 Å². The molecule has 1 aromatic heterocycles. The van der Waals surface area contributed by atoms with Gasteiger partial charge in [-0.3, -0.25) is 5.10 Å². The SMILES string of the molecule is COc1cccc(C2CCN(c3ccn[nH]3)CC2)c1. The largest absolute Gasteiger partial charge is 0.497 e. The topological polar surface area (TPSA) is 41.1 Å². The molecule has 0 atom stereocenters. The van der Waals surface area contributed by atoms with Crippen LogP contribution in [0.25, 0.3) is 0 Å². The van der Waals surface area contributed by atoms with E-state index in [0.717, 1.165) is 24.7 Å².